The second kappa shape index (κ2) is 18.4. The third kappa shape index (κ3) is 15.2. The monoisotopic (exact) mass is 588 g/mol. The van der Waals surface area contributed by atoms with E-state index in [-0.39, 0.29) is 10.8 Å². The fraction of sp³-hybridized carbons (Fsp3) is 0.789. The zero-order valence-corrected chi connectivity index (χ0v) is 30.7. The Bertz CT molecular complexity index is 853. The Morgan fingerprint density at radius 3 is 1.52 bits per heavy atom. The van der Waals surface area contributed by atoms with Crippen LogP contribution in [0.4, 0.5) is 0 Å². The van der Waals surface area contributed by atoms with Crippen molar-refractivity contribution in [2.45, 2.75) is 157 Å². The molecule has 0 aliphatic rings. The smallest absolute Gasteiger partial charge is 0.0148 e. The number of rotatable bonds is 19. The number of benzene rings is 1. The third-order valence-electron chi connectivity index (χ3n) is 8.71. The minimum absolute atomic E-state index is 0.150. The molecule has 0 aliphatic carbocycles. The van der Waals surface area contributed by atoms with Crippen molar-refractivity contribution >= 4 is 29.6 Å². The molecule has 2 atom stereocenters. The normalized spacial score (nSPS) is 14.7. The molecule has 0 fully saturated rings. The Morgan fingerprint density at radius 1 is 0.625 bits per heavy atom. The van der Waals surface area contributed by atoms with Gasteiger partial charge in [-0.3, -0.25) is 0 Å². The summed E-state index contributed by atoms with van der Waals surface area (Å²) in [4.78, 5) is 2.98. The Hall–Kier alpha value is -0.340. The minimum Gasteiger partial charge on any atom is -0.126 e. The van der Waals surface area contributed by atoms with Gasteiger partial charge in [-0.15, -0.1) is 23.5 Å². The van der Waals surface area contributed by atoms with Crippen LogP contribution in [0.2, 0.25) is 0 Å². The van der Waals surface area contributed by atoms with Gasteiger partial charge >= 0.3 is 0 Å². The highest BCUT2D eigenvalue weighted by atomic mass is 32.2. The summed E-state index contributed by atoms with van der Waals surface area (Å²) in [6.45, 7) is 30.9. The van der Waals surface area contributed by atoms with Gasteiger partial charge < -0.3 is 0 Å². The van der Waals surface area contributed by atoms with E-state index in [1.54, 1.807) is 5.56 Å². The van der Waals surface area contributed by atoms with Crippen molar-refractivity contribution in [1.82, 2.24) is 0 Å². The number of hydrogen-bond acceptors (Lipinski definition) is 2. The van der Waals surface area contributed by atoms with Crippen molar-refractivity contribution in [1.29, 1.82) is 0 Å². The van der Waals surface area contributed by atoms with Gasteiger partial charge in [-0.25, -0.2) is 0 Å². The van der Waals surface area contributed by atoms with Crippen molar-refractivity contribution in [3.05, 3.63) is 29.3 Å². The molecule has 2 unspecified atom stereocenters. The summed E-state index contributed by atoms with van der Waals surface area (Å²) in [6.07, 6.45) is 15.6. The first-order valence-corrected chi connectivity index (χ1v) is 18.6. The van der Waals surface area contributed by atoms with Crippen LogP contribution in [0.15, 0.2) is 28.0 Å². The number of thioether (sulfide) groups is 2. The van der Waals surface area contributed by atoms with Crippen LogP contribution in [0.5, 0.6) is 0 Å². The third-order valence-corrected chi connectivity index (χ3v) is 10.9. The van der Waals surface area contributed by atoms with Crippen molar-refractivity contribution in [3.63, 3.8) is 0 Å². The fourth-order valence-corrected chi connectivity index (χ4v) is 7.55. The second-order valence-electron chi connectivity index (χ2n) is 15.6. The zero-order chi connectivity index (χ0) is 30.5. The lowest BCUT2D eigenvalue weighted by Crippen LogP contribution is -2.25. The SMILES string of the molecule is CC(C)CCCC(C)CCSc1cc(C(C)(C)C(C)C)c(SCCC(C)CCCC(C)C)cc1/C=C/C(C)(C)C. The molecule has 40 heavy (non-hydrogen) atoms. The van der Waals surface area contributed by atoms with Gasteiger partial charge in [-0.1, -0.05) is 141 Å². The van der Waals surface area contributed by atoms with E-state index in [0.29, 0.717) is 5.92 Å². The molecule has 0 radical (unpaired) electrons. The van der Waals surface area contributed by atoms with Crippen LogP contribution in [-0.4, -0.2) is 11.5 Å². The van der Waals surface area contributed by atoms with E-state index >= 15 is 0 Å². The number of hydrogen-bond donors (Lipinski definition) is 0. The van der Waals surface area contributed by atoms with Crippen LogP contribution >= 0.6 is 23.5 Å². The molecule has 0 aliphatic heterocycles. The summed E-state index contributed by atoms with van der Waals surface area (Å²) >= 11 is 4.21. The molecular formula is C38H68S2. The zero-order valence-electron chi connectivity index (χ0n) is 29.1. The summed E-state index contributed by atoms with van der Waals surface area (Å²) < 4.78 is 0. The Labute approximate surface area is 261 Å². The first kappa shape index (κ1) is 37.7. The van der Waals surface area contributed by atoms with Gasteiger partial charge in [0.25, 0.3) is 0 Å². The summed E-state index contributed by atoms with van der Waals surface area (Å²) in [5, 5.41) is 0. The van der Waals surface area contributed by atoms with Crippen LogP contribution in [0.3, 0.4) is 0 Å². The van der Waals surface area contributed by atoms with E-state index in [2.05, 4.69) is 138 Å². The molecule has 0 saturated heterocycles. The van der Waals surface area contributed by atoms with Gasteiger partial charge in [0.05, 0.1) is 0 Å². The molecule has 232 valence electrons. The Balaban J connectivity index is 3.18. The highest BCUT2D eigenvalue weighted by Crippen LogP contribution is 2.42. The van der Waals surface area contributed by atoms with Gasteiger partial charge in [0, 0.05) is 9.79 Å². The fourth-order valence-electron chi connectivity index (χ4n) is 4.88. The maximum Gasteiger partial charge on any atom is 0.0148 e. The molecule has 0 amide bonds. The molecule has 0 heterocycles. The van der Waals surface area contributed by atoms with Crippen molar-refractivity contribution in [2.24, 2.45) is 35.0 Å². The molecule has 1 aromatic carbocycles. The highest BCUT2D eigenvalue weighted by molar-refractivity contribution is 7.99. The lowest BCUT2D eigenvalue weighted by Gasteiger charge is -2.33. The molecule has 0 nitrogen and oxygen atoms in total. The van der Waals surface area contributed by atoms with Gasteiger partial charge in [-0.05, 0) is 88.0 Å². The van der Waals surface area contributed by atoms with E-state index in [1.165, 1.54) is 78.2 Å². The van der Waals surface area contributed by atoms with Crippen molar-refractivity contribution in [2.75, 3.05) is 11.5 Å². The first-order chi connectivity index (χ1) is 18.5. The second-order valence-corrected chi connectivity index (χ2v) is 17.9. The molecule has 0 aromatic heterocycles. The van der Waals surface area contributed by atoms with E-state index in [4.69, 9.17) is 0 Å². The molecule has 1 rings (SSSR count). The van der Waals surface area contributed by atoms with Crippen LogP contribution in [0, 0.1) is 35.0 Å². The molecule has 0 N–H and O–H groups in total. The van der Waals surface area contributed by atoms with Gasteiger partial charge in [0.15, 0.2) is 0 Å². The Morgan fingerprint density at radius 2 is 1.10 bits per heavy atom. The lowest BCUT2D eigenvalue weighted by atomic mass is 9.75. The summed E-state index contributed by atoms with van der Waals surface area (Å²) in [5.74, 6) is 6.29. The predicted octanol–water partition coefficient (Wildman–Crippen LogP) is 13.6. The Kier molecular flexibility index (Phi) is 17.3. The van der Waals surface area contributed by atoms with Crippen molar-refractivity contribution in [3.8, 4) is 0 Å². The standard InChI is InChI=1S/C38H68S2/c1-28(2)16-14-18-31(7)21-24-39-35-27-34(38(12,13)30(5)6)36(26-33(35)20-23-37(9,10)11)40-25-22-32(8)19-15-17-29(3)4/h20,23,26-32H,14-19,21-22,24-25H2,1-13H3/b23-20+. The average Bonchev–Trinajstić information content (AvgIpc) is 2.82. The quantitative estimate of drug-likeness (QED) is 0.147. The molecule has 0 spiro atoms. The predicted molar refractivity (Wildman–Crippen MR) is 189 cm³/mol. The van der Waals surface area contributed by atoms with Crippen molar-refractivity contribution < 1.29 is 0 Å². The topological polar surface area (TPSA) is 0 Å². The van der Waals surface area contributed by atoms with Crippen LogP contribution in [0.1, 0.15) is 153 Å². The van der Waals surface area contributed by atoms with Gasteiger partial charge in [0.2, 0.25) is 0 Å². The molecule has 0 saturated carbocycles. The number of allylic oxidation sites excluding steroid dienone is 1. The summed E-state index contributed by atoms with van der Waals surface area (Å²) in [7, 11) is 0. The van der Waals surface area contributed by atoms with E-state index < -0.39 is 0 Å². The molecule has 2 heteroatoms. The summed E-state index contributed by atoms with van der Waals surface area (Å²) in [5.41, 5.74) is 3.31. The molecule has 0 bridgehead atoms. The average molecular weight is 589 g/mol. The van der Waals surface area contributed by atoms with E-state index in [0.717, 1.165) is 23.7 Å². The largest absolute Gasteiger partial charge is 0.126 e. The van der Waals surface area contributed by atoms with Crippen LogP contribution in [-0.2, 0) is 5.41 Å². The highest BCUT2D eigenvalue weighted by Gasteiger charge is 2.29. The molecule has 1 aromatic rings. The minimum atomic E-state index is 0.150. The maximum absolute atomic E-state index is 2.59. The first-order valence-electron chi connectivity index (χ1n) is 16.7. The van der Waals surface area contributed by atoms with Gasteiger partial charge in [0.1, 0.15) is 0 Å². The maximum atomic E-state index is 2.59. The van der Waals surface area contributed by atoms with Crippen LogP contribution in [0.25, 0.3) is 6.08 Å². The van der Waals surface area contributed by atoms with Gasteiger partial charge in [-0.2, -0.15) is 0 Å². The lowest BCUT2D eigenvalue weighted by molar-refractivity contribution is 0.365. The van der Waals surface area contributed by atoms with Crippen LogP contribution < -0.4 is 0 Å². The molecular weight excluding hydrogens is 521 g/mol. The van der Waals surface area contributed by atoms with E-state index in [1.807, 2.05) is 0 Å². The summed E-state index contributed by atoms with van der Waals surface area (Å²) in [6, 6.07) is 5.13. The van der Waals surface area contributed by atoms with E-state index in [9.17, 15) is 0 Å².